The molecule has 5 aliphatic carbocycles. The Kier molecular flexibility index (Phi) is 9.71. The zero-order chi connectivity index (χ0) is 38.0. The van der Waals surface area contributed by atoms with E-state index in [9.17, 15) is 40.5 Å². The summed E-state index contributed by atoms with van der Waals surface area (Å²) < 4.78 is 23.5. The highest BCUT2D eigenvalue weighted by Gasteiger charge is 2.71. The Morgan fingerprint density at radius 2 is 1.40 bits per heavy atom. The van der Waals surface area contributed by atoms with Crippen molar-refractivity contribution in [3.8, 4) is 0 Å². The van der Waals surface area contributed by atoms with Crippen molar-refractivity contribution in [1.29, 1.82) is 0 Å². The van der Waals surface area contributed by atoms with Gasteiger partial charge in [0.2, 0.25) is 0 Å². The normalized spacial score (nSPS) is 54.1. The summed E-state index contributed by atoms with van der Waals surface area (Å²) in [5, 5.41) is 74.9. The van der Waals surface area contributed by atoms with Crippen molar-refractivity contribution in [3.05, 3.63) is 11.6 Å². The summed E-state index contributed by atoms with van der Waals surface area (Å²) in [6.45, 7) is 15.7. The molecular formula is C40H64O12. The molecule has 0 spiro atoms. The Morgan fingerprint density at radius 3 is 2.10 bits per heavy atom. The van der Waals surface area contributed by atoms with Crippen LogP contribution in [0.25, 0.3) is 0 Å². The van der Waals surface area contributed by atoms with Crippen LogP contribution in [0.15, 0.2) is 11.6 Å². The molecule has 0 aromatic carbocycles. The van der Waals surface area contributed by atoms with Crippen LogP contribution in [-0.2, 0) is 23.7 Å². The van der Waals surface area contributed by atoms with Crippen molar-refractivity contribution in [3.63, 3.8) is 0 Å². The molecule has 6 fully saturated rings. The molecule has 0 radical (unpaired) electrons. The fraction of sp³-hybridized carbons (Fsp3) is 0.925. The lowest BCUT2D eigenvalue weighted by atomic mass is 9.33. The van der Waals surface area contributed by atoms with E-state index in [0.29, 0.717) is 18.8 Å². The minimum absolute atomic E-state index is 0.00613. The molecule has 7 aliphatic rings. The van der Waals surface area contributed by atoms with Crippen molar-refractivity contribution < 1.29 is 59.5 Å². The van der Waals surface area contributed by atoms with E-state index in [4.69, 9.17) is 18.9 Å². The van der Waals surface area contributed by atoms with Crippen LogP contribution in [0.3, 0.4) is 0 Å². The Labute approximate surface area is 307 Å². The number of carbonyl (C=O) groups is 1. The summed E-state index contributed by atoms with van der Waals surface area (Å²) in [5.41, 5.74) is -0.684. The summed E-state index contributed by atoms with van der Waals surface area (Å²) in [7, 11) is 0. The second-order valence-corrected chi connectivity index (χ2v) is 19.9. The molecule has 2 aliphatic heterocycles. The largest absolute Gasteiger partial charge is 0.481 e. The second-order valence-electron chi connectivity index (χ2n) is 19.9. The number of hydrogen-bond donors (Lipinski definition) is 7. The van der Waals surface area contributed by atoms with E-state index >= 15 is 0 Å². The predicted molar refractivity (Wildman–Crippen MR) is 187 cm³/mol. The van der Waals surface area contributed by atoms with Crippen LogP contribution < -0.4 is 0 Å². The lowest BCUT2D eigenvalue weighted by Crippen LogP contribution is -2.67. The van der Waals surface area contributed by atoms with Gasteiger partial charge in [-0.3, -0.25) is 4.79 Å². The predicted octanol–water partition coefficient (Wildman–Crippen LogP) is 3.13. The SMILES string of the molecule is CC1(C)CCC2(C(=O)O)C(O)CC3(C)C(=CCC4C5(C)CCC(OC6OCC(OC7OCC(O)C(O)C7O)C(O)C6O)C(C)(C)C5CCC43C)C2C1. The maximum Gasteiger partial charge on any atom is 0.312 e. The average molecular weight is 737 g/mol. The smallest absolute Gasteiger partial charge is 0.312 e. The molecule has 17 atom stereocenters. The third-order valence-electron chi connectivity index (χ3n) is 16.5. The van der Waals surface area contributed by atoms with Gasteiger partial charge in [-0.25, -0.2) is 0 Å². The van der Waals surface area contributed by atoms with Crippen LogP contribution in [0.5, 0.6) is 0 Å². The molecule has 7 rings (SSSR count). The molecule has 12 nitrogen and oxygen atoms in total. The number of fused-ring (bicyclic) bond motifs is 7. The Bertz CT molecular complexity index is 1420. The Morgan fingerprint density at radius 1 is 0.750 bits per heavy atom. The quantitative estimate of drug-likeness (QED) is 0.161. The number of aliphatic hydroxyl groups is 6. The summed E-state index contributed by atoms with van der Waals surface area (Å²) in [6.07, 6.45) is -2.41. The first-order valence-corrected chi connectivity index (χ1v) is 19.7. The van der Waals surface area contributed by atoms with Gasteiger partial charge in [0.15, 0.2) is 12.6 Å². The number of hydrogen-bond acceptors (Lipinski definition) is 11. The number of rotatable bonds is 5. The van der Waals surface area contributed by atoms with Gasteiger partial charge in [0.1, 0.15) is 42.0 Å². The zero-order valence-electron chi connectivity index (χ0n) is 32.0. The van der Waals surface area contributed by atoms with Crippen LogP contribution in [0.1, 0.15) is 106 Å². The first-order valence-electron chi connectivity index (χ1n) is 19.7. The maximum atomic E-state index is 13.1. The maximum absolute atomic E-state index is 13.1. The Hall–Kier alpha value is -1.19. The molecule has 0 aromatic rings. The molecule has 0 bridgehead atoms. The van der Waals surface area contributed by atoms with Crippen LogP contribution in [-0.4, -0.2) is 116 Å². The van der Waals surface area contributed by atoms with Crippen LogP contribution in [0.4, 0.5) is 0 Å². The number of aliphatic carboxylic acids is 1. The fourth-order valence-electron chi connectivity index (χ4n) is 13.2. The Balaban J connectivity index is 1.08. The fourth-order valence-corrected chi connectivity index (χ4v) is 13.2. The third-order valence-corrected chi connectivity index (χ3v) is 16.5. The number of ether oxygens (including phenoxy) is 4. The van der Waals surface area contributed by atoms with E-state index in [1.807, 2.05) is 0 Å². The van der Waals surface area contributed by atoms with Gasteiger partial charge < -0.3 is 54.7 Å². The number of aliphatic hydroxyl groups excluding tert-OH is 6. The summed E-state index contributed by atoms with van der Waals surface area (Å²) in [6, 6.07) is 0. The monoisotopic (exact) mass is 736 g/mol. The van der Waals surface area contributed by atoms with Gasteiger partial charge in [-0.2, -0.15) is 0 Å². The highest BCUT2D eigenvalue weighted by Crippen LogP contribution is 2.76. The van der Waals surface area contributed by atoms with E-state index in [1.54, 1.807) is 0 Å². The van der Waals surface area contributed by atoms with Crippen LogP contribution in [0, 0.1) is 50.2 Å². The molecule has 17 unspecified atom stereocenters. The zero-order valence-corrected chi connectivity index (χ0v) is 32.0. The van der Waals surface area contributed by atoms with E-state index < -0.39 is 66.7 Å². The molecule has 52 heavy (non-hydrogen) atoms. The van der Waals surface area contributed by atoms with Gasteiger partial charge in [0.25, 0.3) is 0 Å². The van der Waals surface area contributed by atoms with Crippen molar-refractivity contribution in [2.24, 2.45) is 50.2 Å². The second kappa shape index (κ2) is 12.9. The van der Waals surface area contributed by atoms with Crippen LogP contribution >= 0.6 is 0 Å². The third kappa shape index (κ3) is 5.55. The number of allylic oxidation sites excluding steroid dienone is 2. The minimum atomic E-state index is -1.54. The van der Waals surface area contributed by atoms with Gasteiger partial charge in [-0.1, -0.05) is 60.1 Å². The number of carboxylic acid groups (broad SMARTS) is 1. The molecule has 7 N–H and O–H groups in total. The molecule has 2 saturated heterocycles. The minimum Gasteiger partial charge on any atom is -0.481 e. The molecule has 4 saturated carbocycles. The van der Waals surface area contributed by atoms with E-state index in [1.165, 1.54) is 5.57 Å². The van der Waals surface area contributed by atoms with Crippen molar-refractivity contribution in [2.75, 3.05) is 13.2 Å². The van der Waals surface area contributed by atoms with Crippen molar-refractivity contribution in [1.82, 2.24) is 0 Å². The summed E-state index contributed by atoms with van der Waals surface area (Å²) in [4.78, 5) is 13.1. The first-order chi connectivity index (χ1) is 24.1. The standard InChI is InChI=1S/C40H64O12/c1-35(2)14-15-40(34(47)48)21(16-35)20-8-9-25-37(5)12-11-27(36(3,4)24(37)10-13-38(25,6)39(20,7)17-26(40)42)52-33-31(46)29(44)23(19-50-33)51-32-30(45)28(43)22(41)18-49-32/h8,21-33,41-46H,9-19H2,1-7H3,(H,47,48). The van der Waals surface area contributed by atoms with Crippen molar-refractivity contribution in [2.45, 2.75) is 168 Å². The number of carboxylic acids is 1. The summed E-state index contributed by atoms with van der Waals surface area (Å²) >= 11 is 0. The van der Waals surface area contributed by atoms with Gasteiger partial charge in [0, 0.05) is 0 Å². The molecule has 0 amide bonds. The van der Waals surface area contributed by atoms with E-state index in [0.717, 1.165) is 44.9 Å². The van der Waals surface area contributed by atoms with Crippen molar-refractivity contribution >= 4 is 5.97 Å². The van der Waals surface area contributed by atoms with Gasteiger partial charge in [-0.15, -0.1) is 0 Å². The topological polar surface area (TPSA) is 196 Å². The lowest BCUT2D eigenvalue weighted by Gasteiger charge is -2.71. The molecule has 12 heteroatoms. The van der Waals surface area contributed by atoms with Gasteiger partial charge in [-0.05, 0) is 103 Å². The molecular weight excluding hydrogens is 672 g/mol. The first kappa shape index (κ1) is 39.1. The molecule has 296 valence electrons. The van der Waals surface area contributed by atoms with E-state index in [2.05, 4.69) is 54.5 Å². The van der Waals surface area contributed by atoms with Crippen LogP contribution in [0.2, 0.25) is 0 Å². The van der Waals surface area contributed by atoms with E-state index in [-0.39, 0.29) is 58.2 Å². The molecule has 0 aromatic heterocycles. The van der Waals surface area contributed by atoms with Gasteiger partial charge >= 0.3 is 5.97 Å². The highest BCUT2D eigenvalue weighted by molar-refractivity contribution is 5.77. The van der Waals surface area contributed by atoms with Gasteiger partial charge in [0.05, 0.1) is 25.4 Å². The lowest BCUT2D eigenvalue weighted by molar-refractivity contribution is -0.341. The highest BCUT2D eigenvalue weighted by atomic mass is 16.7. The summed E-state index contributed by atoms with van der Waals surface area (Å²) in [5.74, 6) is -0.439. The average Bonchev–Trinajstić information content (AvgIpc) is 3.05. The molecule has 2 heterocycles.